The maximum absolute atomic E-state index is 11.4. The van der Waals surface area contributed by atoms with Crippen molar-refractivity contribution in [2.75, 3.05) is 0 Å². The molecule has 1 aromatic heterocycles. The van der Waals surface area contributed by atoms with Crippen molar-refractivity contribution >= 4 is 16.9 Å². The van der Waals surface area contributed by atoms with Crippen LogP contribution in [0.15, 0.2) is 36.4 Å². The van der Waals surface area contributed by atoms with Gasteiger partial charge < -0.3 is 5.11 Å². The Morgan fingerprint density at radius 3 is 2.64 bits per heavy atom. The van der Waals surface area contributed by atoms with E-state index in [1.54, 1.807) is 0 Å². The molecule has 2 aromatic rings. The number of nitrogens with zero attached hydrogens (tertiary/aromatic N) is 1. The lowest BCUT2D eigenvalue weighted by Crippen LogP contribution is -2.37. The zero-order chi connectivity index (χ0) is 16.2. The van der Waals surface area contributed by atoms with Gasteiger partial charge in [0, 0.05) is 11.9 Å². The smallest absolute Gasteiger partial charge is 0.320 e. The molecule has 0 fully saturated rings. The molecule has 0 aliphatic heterocycles. The van der Waals surface area contributed by atoms with Crippen LogP contribution in [-0.4, -0.2) is 22.1 Å². The largest absolute Gasteiger partial charge is 0.480 e. The predicted molar refractivity (Wildman–Crippen MR) is 88.7 cm³/mol. The summed E-state index contributed by atoms with van der Waals surface area (Å²) in [6.07, 6.45) is 1.48. The molecule has 4 heteroatoms. The van der Waals surface area contributed by atoms with Gasteiger partial charge in [-0.1, -0.05) is 45.0 Å². The summed E-state index contributed by atoms with van der Waals surface area (Å²) in [5, 5.41) is 13.5. The molecule has 1 heterocycles. The van der Waals surface area contributed by atoms with Crippen LogP contribution in [-0.2, 0) is 11.3 Å². The average Bonchev–Trinajstić information content (AvgIpc) is 2.45. The molecule has 0 saturated carbocycles. The monoisotopic (exact) mass is 300 g/mol. The standard InChI is InChI=1S/C18H24N2O2/c1-18(2,3)11-10-16(17(21)22)19-12-14-9-8-13-6-4-5-7-15(13)20-14/h4-9,16,19H,10-12H2,1-3H3,(H,21,22)/t16-/m0/s1. The van der Waals surface area contributed by atoms with Crippen LogP contribution in [0.4, 0.5) is 0 Å². The quantitative estimate of drug-likeness (QED) is 0.855. The Kier molecular flexibility index (Phi) is 5.14. The van der Waals surface area contributed by atoms with Crippen molar-refractivity contribution in [3.63, 3.8) is 0 Å². The second kappa shape index (κ2) is 6.88. The molecule has 0 radical (unpaired) electrons. The predicted octanol–water partition coefficient (Wildman–Crippen LogP) is 3.60. The van der Waals surface area contributed by atoms with Crippen molar-refractivity contribution in [2.45, 2.75) is 46.2 Å². The van der Waals surface area contributed by atoms with Gasteiger partial charge in [-0.05, 0) is 30.4 Å². The van der Waals surface area contributed by atoms with E-state index in [4.69, 9.17) is 0 Å². The van der Waals surface area contributed by atoms with Crippen molar-refractivity contribution in [2.24, 2.45) is 5.41 Å². The number of hydrogen-bond acceptors (Lipinski definition) is 3. The second-order valence-electron chi connectivity index (χ2n) is 6.87. The molecule has 0 bridgehead atoms. The summed E-state index contributed by atoms with van der Waals surface area (Å²) in [5.41, 5.74) is 1.93. The zero-order valence-corrected chi connectivity index (χ0v) is 13.5. The highest BCUT2D eigenvalue weighted by molar-refractivity contribution is 5.78. The number of fused-ring (bicyclic) bond motifs is 1. The van der Waals surface area contributed by atoms with Crippen LogP contribution < -0.4 is 5.32 Å². The van der Waals surface area contributed by atoms with Crippen molar-refractivity contribution in [1.29, 1.82) is 0 Å². The zero-order valence-electron chi connectivity index (χ0n) is 13.5. The Hall–Kier alpha value is -1.94. The minimum Gasteiger partial charge on any atom is -0.480 e. The number of hydrogen-bond donors (Lipinski definition) is 2. The van der Waals surface area contributed by atoms with Gasteiger partial charge in [-0.25, -0.2) is 0 Å². The number of aliphatic carboxylic acids is 1. The minimum absolute atomic E-state index is 0.135. The first-order chi connectivity index (χ1) is 10.3. The number of benzene rings is 1. The van der Waals surface area contributed by atoms with Gasteiger partial charge in [0.25, 0.3) is 0 Å². The van der Waals surface area contributed by atoms with Gasteiger partial charge in [0.15, 0.2) is 0 Å². The first-order valence-corrected chi connectivity index (χ1v) is 7.66. The number of para-hydroxylation sites is 1. The molecule has 1 aromatic carbocycles. The van der Waals surface area contributed by atoms with Crippen LogP contribution in [0.3, 0.4) is 0 Å². The number of rotatable bonds is 6. The molecule has 1 atom stereocenters. The molecular weight excluding hydrogens is 276 g/mol. The number of nitrogens with one attached hydrogen (secondary N) is 1. The molecular formula is C18H24N2O2. The molecule has 2 N–H and O–H groups in total. The van der Waals surface area contributed by atoms with Gasteiger partial charge in [-0.2, -0.15) is 0 Å². The molecule has 4 nitrogen and oxygen atoms in total. The van der Waals surface area contributed by atoms with E-state index in [-0.39, 0.29) is 5.41 Å². The van der Waals surface area contributed by atoms with Gasteiger partial charge >= 0.3 is 5.97 Å². The van der Waals surface area contributed by atoms with Crippen molar-refractivity contribution in [1.82, 2.24) is 10.3 Å². The number of carbonyl (C=O) groups is 1. The highest BCUT2D eigenvalue weighted by Gasteiger charge is 2.20. The molecule has 2 rings (SSSR count). The molecule has 118 valence electrons. The van der Waals surface area contributed by atoms with Crippen molar-refractivity contribution in [3.8, 4) is 0 Å². The normalized spacial score (nSPS) is 13.2. The van der Waals surface area contributed by atoms with Crippen LogP contribution in [0.25, 0.3) is 10.9 Å². The van der Waals surface area contributed by atoms with E-state index in [9.17, 15) is 9.90 Å². The highest BCUT2D eigenvalue weighted by atomic mass is 16.4. The van der Waals surface area contributed by atoms with E-state index in [0.29, 0.717) is 13.0 Å². The maximum Gasteiger partial charge on any atom is 0.320 e. The summed E-state index contributed by atoms with van der Waals surface area (Å²) in [7, 11) is 0. The van der Waals surface area contributed by atoms with E-state index in [0.717, 1.165) is 23.0 Å². The maximum atomic E-state index is 11.4. The van der Waals surface area contributed by atoms with Gasteiger partial charge in [0.2, 0.25) is 0 Å². The molecule has 22 heavy (non-hydrogen) atoms. The summed E-state index contributed by atoms with van der Waals surface area (Å²) in [4.78, 5) is 15.9. The second-order valence-corrected chi connectivity index (χ2v) is 6.87. The van der Waals surface area contributed by atoms with Gasteiger partial charge in [-0.3, -0.25) is 15.1 Å². The first-order valence-electron chi connectivity index (χ1n) is 7.66. The van der Waals surface area contributed by atoms with Gasteiger partial charge in [0.05, 0.1) is 11.2 Å². The molecule has 0 aliphatic carbocycles. The number of aromatic nitrogens is 1. The van der Waals surface area contributed by atoms with E-state index in [1.807, 2.05) is 36.4 Å². The highest BCUT2D eigenvalue weighted by Crippen LogP contribution is 2.21. The summed E-state index contributed by atoms with van der Waals surface area (Å²) in [6.45, 7) is 6.83. The van der Waals surface area contributed by atoms with Crippen LogP contribution in [0.1, 0.15) is 39.3 Å². The minimum atomic E-state index is -0.801. The molecule has 0 saturated heterocycles. The molecule has 0 spiro atoms. The topological polar surface area (TPSA) is 62.2 Å². The SMILES string of the molecule is CC(C)(C)CC[C@H](NCc1ccc2ccccc2n1)C(=O)O. The Morgan fingerprint density at radius 1 is 1.23 bits per heavy atom. The first kappa shape index (κ1) is 16.4. The van der Waals surface area contributed by atoms with Crippen LogP contribution in [0.5, 0.6) is 0 Å². The lowest BCUT2D eigenvalue weighted by molar-refractivity contribution is -0.139. The number of pyridine rings is 1. The van der Waals surface area contributed by atoms with Crippen LogP contribution in [0.2, 0.25) is 0 Å². The van der Waals surface area contributed by atoms with E-state index in [1.165, 1.54) is 0 Å². The lowest BCUT2D eigenvalue weighted by Gasteiger charge is -2.21. The Morgan fingerprint density at radius 2 is 1.95 bits per heavy atom. The Labute approximate surface area is 131 Å². The van der Waals surface area contributed by atoms with Crippen LogP contribution >= 0.6 is 0 Å². The average molecular weight is 300 g/mol. The molecule has 0 amide bonds. The van der Waals surface area contributed by atoms with E-state index in [2.05, 4.69) is 31.1 Å². The van der Waals surface area contributed by atoms with Crippen LogP contribution in [0, 0.1) is 5.41 Å². The fourth-order valence-corrected chi connectivity index (χ4v) is 2.32. The summed E-state index contributed by atoms with van der Waals surface area (Å²) < 4.78 is 0. The summed E-state index contributed by atoms with van der Waals surface area (Å²) in [5.74, 6) is -0.801. The van der Waals surface area contributed by atoms with Gasteiger partial charge in [-0.15, -0.1) is 0 Å². The summed E-state index contributed by atoms with van der Waals surface area (Å²) >= 11 is 0. The van der Waals surface area contributed by atoms with Crippen molar-refractivity contribution in [3.05, 3.63) is 42.1 Å². The third-order valence-electron chi connectivity index (χ3n) is 3.67. The third-order valence-corrected chi connectivity index (χ3v) is 3.67. The summed E-state index contributed by atoms with van der Waals surface area (Å²) in [6, 6.07) is 11.3. The molecule has 0 aliphatic rings. The fraction of sp³-hybridized carbons (Fsp3) is 0.444. The van der Waals surface area contributed by atoms with Gasteiger partial charge in [0.1, 0.15) is 6.04 Å². The number of carboxylic acids is 1. The van der Waals surface area contributed by atoms with Crippen molar-refractivity contribution < 1.29 is 9.90 Å². The molecule has 0 unspecified atom stereocenters. The fourth-order valence-electron chi connectivity index (χ4n) is 2.32. The lowest BCUT2D eigenvalue weighted by atomic mass is 9.88. The Bertz CT molecular complexity index is 647. The Balaban J connectivity index is 1.99. The van der Waals surface area contributed by atoms with E-state index >= 15 is 0 Å². The number of carboxylic acid groups (broad SMARTS) is 1. The van der Waals surface area contributed by atoms with E-state index < -0.39 is 12.0 Å². The third kappa shape index (κ3) is 4.81.